The van der Waals surface area contributed by atoms with E-state index in [0.717, 1.165) is 37.4 Å². The number of aromatic hydroxyl groups is 1. The van der Waals surface area contributed by atoms with Crippen molar-refractivity contribution in [1.29, 1.82) is 0 Å². The highest BCUT2D eigenvalue weighted by Crippen LogP contribution is 2.40. The zero-order valence-electron chi connectivity index (χ0n) is 16.1. The van der Waals surface area contributed by atoms with Gasteiger partial charge in [-0.15, -0.1) is 0 Å². The highest BCUT2D eigenvalue weighted by atomic mass is 16.5. The monoisotopic (exact) mass is 375 g/mol. The maximum absolute atomic E-state index is 12.7. The molecule has 0 aromatic heterocycles. The number of hydrogen-bond donors (Lipinski definition) is 1. The smallest absolute Gasteiger partial charge is 0.231 e. The van der Waals surface area contributed by atoms with Crippen molar-refractivity contribution >= 4 is 11.9 Å². The second-order valence-corrected chi connectivity index (χ2v) is 7.63. The Kier molecular flexibility index (Phi) is 5.31. The number of rotatable bonds is 4. The van der Waals surface area contributed by atoms with Crippen molar-refractivity contribution in [1.82, 2.24) is 4.90 Å². The molecule has 2 aromatic carbocycles. The number of allylic oxidation sites excluding steroid dienone is 3. The average Bonchev–Trinajstić information content (AvgIpc) is 3.02. The molecule has 0 aliphatic carbocycles. The minimum atomic E-state index is -0.138. The molecule has 0 unspecified atom stereocenters. The first kappa shape index (κ1) is 18.5. The number of phenols is 1. The Morgan fingerprint density at radius 3 is 2.64 bits per heavy atom. The molecule has 0 spiro atoms. The molecule has 0 atom stereocenters. The molecular formula is C24H25NO3. The number of carbonyl (C=O) groups excluding carboxylic acids is 1. The number of Topliss-reactive ketones (excluding diaryl/α,β-unsaturated/α-hetero) is 1. The predicted octanol–water partition coefficient (Wildman–Crippen LogP) is 4.80. The van der Waals surface area contributed by atoms with Crippen molar-refractivity contribution in [2.45, 2.75) is 26.3 Å². The number of benzene rings is 2. The highest BCUT2D eigenvalue weighted by molar-refractivity contribution is 6.12. The Morgan fingerprint density at radius 1 is 1.14 bits per heavy atom. The predicted molar refractivity (Wildman–Crippen MR) is 110 cm³/mol. The Balaban J connectivity index is 1.54. The molecule has 1 N–H and O–H groups in total. The second-order valence-electron chi connectivity index (χ2n) is 7.63. The number of ether oxygens (including phenoxy) is 1. The van der Waals surface area contributed by atoms with Crippen LogP contribution in [-0.2, 0) is 6.54 Å². The minimum Gasteiger partial charge on any atom is -0.507 e. The fraction of sp³-hybridized carbons (Fsp3) is 0.292. The van der Waals surface area contributed by atoms with E-state index < -0.39 is 0 Å². The van der Waals surface area contributed by atoms with Crippen LogP contribution in [-0.4, -0.2) is 28.9 Å². The molecule has 2 heterocycles. The molecule has 4 nitrogen and oxygen atoms in total. The van der Waals surface area contributed by atoms with E-state index in [2.05, 4.69) is 11.8 Å². The summed E-state index contributed by atoms with van der Waals surface area (Å²) in [5, 5.41) is 10.4. The average molecular weight is 375 g/mol. The van der Waals surface area contributed by atoms with Gasteiger partial charge in [-0.25, -0.2) is 0 Å². The van der Waals surface area contributed by atoms with Gasteiger partial charge in [0.1, 0.15) is 11.5 Å². The molecular weight excluding hydrogens is 350 g/mol. The zero-order chi connectivity index (χ0) is 19.5. The lowest BCUT2D eigenvalue weighted by atomic mass is 9.98. The summed E-state index contributed by atoms with van der Waals surface area (Å²) < 4.78 is 5.91. The number of phenolic OH excluding ortho intramolecular Hbond substituents is 1. The van der Waals surface area contributed by atoms with E-state index >= 15 is 0 Å². The lowest BCUT2D eigenvalue weighted by molar-refractivity contribution is 0.101. The van der Waals surface area contributed by atoms with Crippen molar-refractivity contribution in [3.05, 3.63) is 77.1 Å². The van der Waals surface area contributed by atoms with Crippen LogP contribution in [0.2, 0.25) is 0 Å². The topological polar surface area (TPSA) is 49.8 Å². The van der Waals surface area contributed by atoms with Gasteiger partial charge in [-0.2, -0.15) is 0 Å². The molecule has 4 rings (SSSR count). The van der Waals surface area contributed by atoms with E-state index in [1.54, 1.807) is 18.2 Å². The van der Waals surface area contributed by atoms with Crippen LogP contribution >= 0.6 is 0 Å². The van der Waals surface area contributed by atoms with Crippen molar-refractivity contribution in [3.63, 3.8) is 0 Å². The first-order valence-electron chi connectivity index (χ1n) is 9.85. The van der Waals surface area contributed by atoms with Gasteiger partial charge in [-0.3, -0.25) is 9.69 Å². The molecule has 1 saturated heterocycles. The van der Waals surface area contributed by atoms with Crippen LogP contribution in [0.5, 0.6) is 11.5 Å². The molecule has 144 valence electrons. The summed E-state index contributed by atoms with van der Waals surface area (Å²) >= 11 is 0. The van der Waals surface area contributed by atoms with E-state index in [1.807, 2.05) is 42.5 Å². The van der Waals surface area contributed by atoms with Crippen LogP contribution in [0.25, 0.3) is 6.08 Å². The summed E-state index contributed by atoms with van der Waals surface area (Å²) in [6, 6.07) is 13.1. The van der Waals surface area contributed by atoms with E-state index in [-0.39, 0.29) is 11.5 Å². The van der Waals surface area contributed by atoms with Gasteiger partial charge in [0.2, 0.25) is 5.78 Å². The third-order valence-electron chi connectivity index (χ3n) is 5.51. The zero-order valence-corrected chi connectivity index (χ0v) is 16.1. The standard InChI is InChI=1S/C24H25NO3/c1-17-12-14-25(15-13-17)16-20-21(26)11-10-19-23(27)22(28-24(19)20)9-5-8-18-6-3-2-4-7-18/h2-11,17,26H,12-16H2,1H3/b8-5+,22-9-. The van der Waals surface area contributed by atoms with Gasteiger partial charge in [0.05, 0.1) is 11.1 Å². The van der Waals surface area contributed by atoms with Crippen LogP contribution in [0, 0.1) is 5.92 Å². The summed E-state index contributed by atoms with van der Waals surface area (Å²) in [4.78, 5) is 15.0. The van der Waals surface area contributed by atoms with Crippen LogP contribution in [0.15, 0.2) is 60.4 Å². The quantitative estimate of drug-likeness (QED) is 0.780. The number of carbonyl (C=O) groups is 1. The first-order valence-corrected chi connectivity index (χ1v) is 9.85. The van der Waals surface area contributed by atoms with Gasteiger partial charge < -0.3 is 9.84 Å². The number of likely N-dealkylation sites (tertiary alicyclic amines) is 1. The number of nitrogens with zero attached hydrogens (tertiary/aromatic N) is 1. The molecule has 2 aromatic rings. The SMILES string of the molecule is CC1CCN(Cc2c(O)ccc3c2O/C(=C\C=C\c2ccccc2)C3=O)CC1. The lowest BCUT2D eigenvalue weighted by Crippen LogP contribution is -2.32. The Hall–Kier alpha value is -2.85. The van der Waals surface area contributed by atoms with Crippen LogP contribution < -0.4 is 4.74 Å². The Bertz CT molecular complexity index is 922. The minimum absolute atomic E-state index is 0.138. The second kappa shape index (κ2) is 8.03. The molecule has 0 radical (unpaired) electrons. The van der Waals surface area contributed by atoms with E-state index in [1.165, 1.54) is 0 Å². The summed E-state index contributed by atoms with van der Waals surface area (Å²) in [5.41, 5.74) is 2.29. The number of ketones is 1. The van der Waals surface area contributed by atoms with E-state index in [9.17, 15) is 9.90 Å². The molecule has 4 heteroatoms. The van der Waals surface area contributed by atoms with Gasteiger partial charge >= 0.3 is 0 Å². The molecule has 0 bridgehead atoms. The first-order chi connectivity index (χ1) is 13.6. The summed E-state index contributed by atoms with van der Waals surface area (Å²) in [7, 11) is 0. The maximum atomic E-state index is 12.7. The lowest BCUT2D eigenvalue weighted by Gasteiger charge is -2.30. The largest absolute Gasteiger partial charge is 0.507 e. The van der Waals surface area contributed by atoms with Gasteiger partial charge in [0.15, 0.2) is 5.76 Å². The number of piperidine rings is 1. The van der Waals surface area contributed by atoms with Gasteiger partial charge in [0.25, 0.3) is 0 Å². The van der Waals surface area contributed by atoms with E-state index in [4.69, 9.17) is 4.74 Å². The van der Waals surface area contributed by atoms with Crippen LogP contribution in [0.3, 0.4) is 0 Å². The van der Waals surface area contributed by atoms with Crippen molar-refractivity contribution in [2.24, 2.45) is 5.92 Å². The fourth-order valence-electron chi connectivity index (χ4n) is 3.72. The Morgan fingerprint density at radius 2 is 1.89 bits per heavy atom. The van der Waals surface area contributed by atoms with Crippen molar-refractivity contribution < 1.29 is 14.6 Å². The number of fused-ring (bicyclic) bond motifs is 1. The van der Waals surface area contributed by atoms with Crippen molar-refractivity contribution in [2.75, 3.05) is 13.1 Å². The third kappa shape index (κ3) is 3.87. The molecule has 2 aliphatic heterocycles. The third-order valence-corrected chi connectivity index (χ3v) is 5.51. The normalized spacial score (nSPS) is 19.3. The molecule has 0 saturated carbocycles. The van der Waals surface area contributed by atoms with Gasteiger partial charge in [-0.05, 0) is 55.6 Å². The maximum Gasteiger partial charge on any atom is 0.231 e. The van der Waals surface area contributed by atoms with Crippen LogP contribution in [0.4, 0.5) is 0 Å². The molecule has 28 heavy (non-hydrogen) atoms. The Labute approximate surface area is 165 Å². The van der Waals surface area contributed by atoms with Gasteiger partial charge in [-0.1, -0.05) is 49.4 Å². The van der Waals surface area contributed by atoms with Crippen molar-refractivity contribution in [3.8, 4) is 11.5 Å². The highest BCUT2D eigenvalue weighted by Gasteiger charge is 2.31. The summed E-state index contributed by atoms with van der Waals surface area (Å²) in [6.45, 7) is 4.88. The molecule has 2 aliphatic rings. The summed E-state index contributed by atoms with van der Waals surface area (Å²) in [6.07, 6.45) is 7.76. The van der Waals surface area contributed by atoms with Gasteiger partial charge in [0, 0.05) is 6.54 Å². The van der Waals surface area contributed by atoms with Crippen LogP contribution in [0.1, 0.15) is 41.3 Å². The van der Waals surface area contributed by atoms with E-state index in [0.29, 0.717) is 29.2 Å². The molecule has 0 amide bonds. The summed E-state index contributed by atoms with van der Waals surface area (Å²) in [5.74, 6) is 1.59. The number of hydrogen-bond acceptors (Lipinski definition) is 4. The molecule has 1 fully saturated rings. The fourth-order valence-corrected chi connectivity index (χ4v) is 3.72.